The van der Waals surface area contributed by atoms with Crippen LogP contribution < -0.4 is 4.74 Å². The topological polar surface area (TPSA) is 57.2 Å². The number of hydrogen-bond acceptors (Lipinski definition) is 5. The Bertz CT molecular complexity index is 864. The van der Waals surface area contributed by atoms with Crippen molar-refractivity contribution in [1.29, 1.82) is 0 Å². The van der Waals surface area contributed by atoms with Crippen LogP contribution in [0.1, 0.15) is 32.6 Å². The Morgan fingerprint density at radius 3 is 2.34 bits per heavy atom. The van der Waals surface area contributed by atoms with E-state index in [4.69, 9.17) is 18.9 Å². The lowest BCUT2D eigenvalue weighted by atomic mass is 10.0. The van der Waals surface area contributed by atoms with Crippen LogP contribution in [0.2, 0.25) is 0 Å². The van der Waals surface area contributed by atoms with Gasteiger partial charge in [0.1, 0.15) is 17.5 Å². The van der Waals surface area contributed by atoms with Gasteiger partial charge >= 0.3 is 6.09 Å². The summed E-state index contributed by atoms with van der Waals surface area (Å²) in [5.41, 5.74) is 2.67. The second-order valence-corrected chi connectivity index (χ2v) is 8.35. The summed E-state index contributed by atoms with van der Waals surface area (Å²) in [5, 5.41) is 0. The molecule has 0 bridgehead atoms. The van der Waals surface area contributed by atoms with Gasteiger partial charge in [-0.15, -0.1) is 0 Å². The van der Waals surface area contributed by atoms with E-state index in [1.807, 2.05) is 51.1 Å². The van der Waals surface area contributed by atoms with Gasteiger partial charge in [0.25, 0.3) is 0 Å². The maximum Gasteiger partial charge on any atom is 0.410 e. The molecule has 154 valence electrons. The fourth-order valence-corrected chi connectivity index (χ4v) is 3.35. The Labute approximate surface area is 171 Å². The molecule has 0 unspecified atom stereocenters. The summed E-state index contributed by atoms with van der Waals surface area (Å²) in [6.07, 6.45) is -0.605. The number of carbonyl (C=O) groups is 1. The molecule has 6 heteroatoms. The Hall–Kier alpha value is -2.57. The highest BCUT2D eigenvalue weighted by Gasteiger charge is 2.35. The van der Waals surface area contributed by atoms with Gasteiger partial charge in [-0.2, -0.15) is 0 Å². The molecule has 0 atom stereocenters. The lowest BCUT2D eigenvalue weighted by molar-refractivity contribution is -0.0440. The van der Waals surface area contributed by atoms with Crippen LogP contribution in [0.15, 0.2) is 48.5 Å². The fraction of sp³-hybridized carbons (Fsp3) is 0.435. The van der Waals surface area contributed by atoms with Gasteiger partial charge in [-0.05, 0) is 50.1 Å². The number of ether oxygens (including phenoxy) is 4. The van der Waals surface area contributed by atoms with Crippen LogP contribution in [-0.4, -0.2) is 49.0 Å². The second kappa shape index (κ2) is 8.05. The summed E-state index contributed by atoms with van der Waals surface area (Å²) in [4.78, 5) is 13.7. The molecule has 2 saturated heterocycles. The molecule has 0 radical (unpaired) electrons. The van der Waals surface area contributed by atoms with Crippen LogP contribution in [0.25, 0.3) is 11.1 Å². The predicted molar refractivity (Wildman–Crippen MR) is 109 cm³/mol. The average molecular weight is 397 g/mol. The zero-order valence-electron chi connectivity index (χ0n) is 17.1. The molecular formula is C23H27NO5. The number of amides is 1. The summed E-state index contributed by atoms with van der Waals surface area (Å²) in [5.74, 6) is 0.787. The van der Waals surface area contributed by atoms with E-state index in [0.717, 1.165) is 22.4 Å². The van der Waals surface area contributed by atoms with E-state index in [0.29, 0.717) is 26.3 Å². The number of nitrogens with zero attached hydrogens (tertiary/aromatic N) is 1. The third kappa shape index (κ3) is 4.89. The molecule has 0 spiro atoms. The predicted octanol–water partition coefficient (Wildman–Crippen LogP) is 4.40. The molecule has 0 N–H and O–H groups in total. The van der Waals surface area contributed by atoms with Gasteiger partial charge in [-0.25, -0.2) is 4.79 Å². The quantitative estimate of drug-likeness (QED) is 0.766. The third-order valence-electron chi connectivity index (χ3n) is 4.75. The summed E-state index contributed by atoms with van der Waals surface area (Å²) in [7, 11) is 0. The van der Waals surface area contributed by atoms with Crippen molar-refractivity contribution in [2.45, 2.75) is 38.8 Å². The van der Waals surface area contributed by atoms with Crippen LogP contribution in [0, 0.1) is 0 Å². The number of hydrogen-bond donors (Lipinski definition) is 0. The lowest BCUT2D eigenvalue weighted by Crippen LogP contribution is -2.57. The molecule has 2 aromatic carbocycles. The number of benzene rings is 2. The van der Waals surface area contributed by atoms with Crippen molar-refractivity contribution < 1.29 is 23.7 Å². The molecule has 4 rings (SSSR count). The molecule has 6 nitrogen and oxygen atoms in total. The molecule has 0 aliphatic carbocycles. The third-order valence-corrected chi connectivity index (χ3v) is 4.75. The van der Waals surface area contributed by atoms with Gasteiger partial charge in [0.2, 0.25) is 0 Å². The van der Waals surface area contributed by atoms with Crippen molar-refractivity contribution in [1.82, 2.24) is 4.90 Å². The average Bonchev–Trinajstić information content (AvgIpc) is 3.18. The summed E-state index contributed by atoms with van der Waals surface area (Å²) >= 11 is 0. The smallest absolute Gasteiger partial charge is 0.410 e. The lowest BCUT2D eigenvalue weighted by Gasteiger charge is -2.39. The number of rotatable bonds is 4. The highest BCUT2D eigenvalue weighted by atomic mass is 16.7. The largest absolute Gasteiger partial charge is 0.487 e. The number of carbonyl (C=O) groups excluding carboxylic acids is 1. The van der Waals surface area contributed by atoms with Crippen molar-refractivity contribution in [3.8, 4) is 16.9 Å². The monoisotopic (exact) mass is 397 g/mol. The molecule has 2 heterocycles. The van der Waals surface area contributed by atoms with Crippen LogP contribution in [0.3, 0.4) is 0 Å². The van der Waals surface area contributed by atoms with Crippen molar-refractivity contribution in [2.75, 3.05) is 26.3 Å². The maximum atomic E-state index is 12.0. The van der Waals surface area contributed by atoms with E-state index in [-0.39, 0.29) is 18.5 Å². The molecule has 1 amide bonds. The van der Waals surface area contributed by atoms with E-state index in [1.165, 1.54) is 0 Å². The molecule has 2 aliphatic rings. The maximum absolute atomic E-state index is 12.0. The molecule has 2 aromatic rings. The minimum Gasteiger partial charge on any atom is -0.487 e. The van der Waals surface area contributed by atoms with Gasteiger partial charge < -0.3 is 23.8 Å². The molecule has 2 aliphatic heterocycles. The summed E-state index contributed by atoms with van der Waals surface area (Å²) in [6, 6.07) is 16.2. The molecule has 0 aromatic heterocycles. The van der Waals surface area contributed by atoms with Crippen molar-refractivity contribution in [3.63, 3.8) is 0 Å². The summed E-state index contributed by atoms with van der Waals surface area (Å²) in [6.45, 7) is 7.91. The molecule has 29 heavy (non-hydrogen) atoms. The fourth-order valence-electron chi connectivity index (χ4n) is 3.35. The highest BCUT2D eigenvalue weighted by Crippen LogP contribution is 2.30. The standard InChI is InChI=1S/C23H27NO5/c1-23(2,3)29-22(25)24-14-20(15-24)28-19-9-5-7-17(13-19)16-6-4-8-18(12-16)21-26-10-11-27-21/h4-9,12-13,20-21H,10-11,14-15H2,1-3H3. The van der Waals surface area contributed by atoms with Crippen LogP contribution in [0.4, 0.5) is 4.79 Å². The summed E-state index contributed by atoms with van der Waals surface area (Å²) < 4.78 is 22.6. The number of likely N-dealkylation sites (tertiary alicyclic amines) is 1. The zero-order valence-corrected chi connectivity index (χ0v) is 17.1. The van der Waals surface area contributed by atoms with Gasteiger partial charge in [0.05, 0.1) is 26.3 Å². The molecule has 0 saturated carbocycles. The normalized spacial score (nSPS) is 17.8. The van der Waals surface area contributed by atoms with Gasteiger partial charge in [0, 0.05) is 5.56 Å². The highest BCUT2D eigenvalue weighted by molar-refractivity contribution is 5.69. The molecule has 2 fully saturated rings. The minimum absolute atomic E-state index is 0.0237. The van der Waals surface area contributed by atoms with Gasteiger partial charge in [-0.1, -0.05) is 30.3 Å². The van der Waals surface area contributed by atoms with E-state index < -0.39 is 5.60 Å². The van der Waals surface area contributed by atoms with E-state index in [1.54, 1.807) is 4.90 Å². The van der Waals surface area contributed by atoms with E-state index in [9.17, 15) is 4.79 Å². The SMILES string of the molecule is CC(C)(C)OC(=O)N1CC(Oc2cccc(-c3cccc(C4OCCO4)c3)c2)C1. The minimum atomic E-state index is -0.486. The first-order valence-corrected chi connectivity index (χ1v) is 9.95. The Balaban J connectivity index is 1.38. The van der Waals surface area contributed by atoms with Crippen molar-refractivity contribution in [3.05, 3.63) is 54.1 Å². The van der Waals surface area contributed by atoms with Crippen molar-refractivity contribution >= 4 is 6.09 Å². The van der Waals surface area contributed by atoms with Crippen LogP contribution >= 0.6 is 0 Å². The van der Waals surface area contributed by atoms with Crippen LogP contribution in [0.5, 0.6) is 5.75 Å². The van der Waals surface area contributed by atoms with Crippen LogP contribution in [-0.2, 0) is 14.2 Å². The van der Waals surface area contributed by atoms with Crippen molar-refractivity contribution in [2.24, 2.45) is 0 Å². The van der Waals surface area contributed by atoms with E-state index in [2.05, 4.69) is 18.2 Å². The Morgan fingerprint density at radius 2 is 1.66 bits per heavy atom. The zero-order chi connectivity index (χ0) is 20.4. The molecular weight excluding hydrogens is 370 g/mol. The second-order valence-electron chi connectivity index (χ2n) is 8.35. The van der Waals surface area contributed by atoms with Gasteiger partial charge in [-0.3, -0.25) is 0 Å². The Kier molecular flexibility index (Phi) is 5.48. The first-order chi connectivity index (χ1) is 13.9. The first kappa shape index (κ1) is 19.7. The van der Waals surface area contributed by atoms with Gasteiger partial charge in [0.15, 0.2) is 6.29 Å². The Morgan fingerprint density at radius 1 is 1.00 bits per heavy atom. The van der Waals surface area contributed by atoms with E-state index >= 15 is 0 Å². The first-order valence-electron chi connectivity index (χ1n) is 9.95.